The first-order valence-corrected chi connectivity index (χ1v) is 9.74. The molecule has 7 nitrogen and oxygen atoms in total. The van der Waals surface area contributed by atoms with Gasteiger partial charge in [0.2, 0.25) is 5.91 Å². The Morgan fingerprint density at radius 2 is 1.92 bits per heavy atom. The van der Waals surface area contributed by atoms with Crippen LogP contribution in [0.2, 0.25) is 0 Å². The van der Waals surface area contributed by atoms with Gasteiger partial charge in [0.15, 0.2) is 0 Å². The summed E-state index contributed by atoms with van der Waals surface area (Å²) in [5.41, 5.74) is -0.521. The van der Waals surface area contributed by atoms with Gasteiger partial charge in [-0.1, -0.05) is 19.3 Å². The van der Waals surface area contributed by atoms with Gasteiger partial charge in [-0.2, -0.15) is 0 Å². The lowest BCUT2D eigenvalue weighted by atomic mass is 9.77. The van der Waals surface area contributed by atoms with Gasteiger partial charge < -0.3 is 14.8 Å². The van der Waals surface area contributed by atoms with Crippen molar-refractivity contribution in [2.75, 3.05) is 19.6 Å². The first kappa shape index (κ1) is 17.2. The number of aromatic amines is 1. The van der Waals surface area contributed by atoms with Crippen LogP contribution in [0.15, 0.2) is 17.2 Å². The highest BCUT2D eigenvalue weighted by Gasteiger charge is 2.50. The van der Waals surface area contributed by atoms with E-state index in [4.69, 9.17) is 0 Å². The third-order valence-electron chi connectivity index (χ3n) is 6.32. The van der Waals surface area contributed by atoms with Crippen molar-refractivity contribution in [3.63, 3.8) is 0 Å². The molecule has 140 valence electrons. The molecule has 4 rings (SSSR count). The van der Waals surface area contributed by atoms with Crippen LogP contribution in [0.4, 0.5) is 0 Å². The maximum Gasteiger partial charge on any atom is 0.273 e. The number of likely N-dealkylation sites (tertiary alicyclic amines) is 2. The molecule has 0 aromatic carbocycles. The molecule has 2 amide bonds. The molecule has 3 aliphatic rings. The second-order valence-corrected chi connectivity index (χ2v) is 7.95. The van der Waals surface area contributed by atoms with Crippen molar-refractivity contribution >= 4 is 11.8 Å². The standard InChI is InChI=1S/C19H26N4O3/c24-16-12-20-15(11-21-16)17(25)22-10-8-19(13-22)7-4-9-23(18(19)26)14-5-2-1-3-6-14/h11-12,14H,1-10,13H2,(H,21,24). The van der Waals surface area contributed by atoms with Crippen molar-refractivity contribution in [3.8, 4) is 0 Å². The van der Waals surface area contributed by atoms with Crippen LogP contribution in [0.25, 0.3) is 0 Å². The molecule has 1 aromatic heterocycles. The zero-order chi connectivity index (χ0) is 18.1. The van der Waals surface area contributed by atoms with Crippen LogP contribution in [0.5, 0.6) is 0 Å². The van der Waals surface area contributed by atoms with E-state index in [9.17, 15) is 14.4 Å². The zero-order valence-corrected chi connectivity index (χ0v) is 15.1. The molecule has 1 aliphatic carbocycles. The number of hydrogen-bond donors (Lipinski definition) is 1. The highest BCUT2D eigenvalue weighted by atomic mass is 16.2. The molecule has 1 spiro atoms. The third-order valence-corrected chi connectivity index (χ3v) is 6.32. The van der Waals surface area contributed by atoms with Crippen molar-refractivity contribution in [1.82, 2.24) is 19.8 Å². The Morgan fingerprint density at radius 1 is 1.12 bits per heavy atom. The number of piperidine rings is 1. The molecule has 1 saturated carbocycles. The van der Waals surface area contributed by atoms with E-state index < -0.39 is 5.41 Å². The minimum Gasteiger partial charge on any atom is -0.339 e. The molecule has 0 radical (unpaired) electrons. The number of nitrogens with zero attached hydrogens (tertiary/aromatic N) is 3. The fourth-order valence-corrected chi connectivity index (χ4v) is 4.89. The summed E-state index contributed by atoms with van der Waals surface area (Å²) in [6, 6.07) is 0.388. The summed E-state index contributed by atoms with van der Waals surface area (Å²) in [5, 5.41) is 0. The first-order valence-electron chi connectivity index (χ1n) is 9.74. The SMILES string of the molecule is O=C(c1c[nH]c(=O)cn1)N1CCC2(CCCN(C3CCCCC3)C2=O)C1. The quantitative estimate of drug-likeness (QED) is 0.869. The Morgan fingerprint density at radius 3 is 2.65 bits per heavy atom. The van der Waals surface area contributed by atoms with Crippen LogP contribution in [0.3, 0.4) is 0 Å². The van der Waals surface area contributed by atoms with Crippen LogP contribution in [-0.4, -0.2) is 57.3 Å². The fraction of sp³-hybridized carbons (Fsp3) is 0.684. The largest absolute Gasteiger partial charge is 0.339 e. The predicted molar refractivity (Wildman–Crippen MR) is 95.6 cm³/mol. The molecule has 2 aliphatic heterocycles. The van der Waals surface area contributed by atoms with Crippen LogP contribution in [0, 0.1) is 5.41 Å². The van der Waals surface area contributed by atoms with Gasteiger partial charge in [-0.25, -0.2) is 4.98 Å². The number of carbonyl (C=O) groups excluding carboxylic acids is 2. The minimum atomic E-state index is -0.423. The Hall–Kier alpha value is -2.18. The van der Waals surface area contributed by atoms with Crippen molar-refractivity contribution in [2.24, 2.45) is 5.41 Å². The zero-order valence-electron chi connectivity index (χ0n) is 15.1. The van der Waals surface area contributed by atoms with E-state index in [1.54, 1.807) is 4.90 Å². The van der Waals surface area contributed by atoms with E-state index in [1.165, 1.54) is 25.5 Å². The number of nitrogens with one attached hydrogen (secondary N) is 1. The molecule has 0 bridgehead atoms. The van der Waals surface area contributed by atoms with Crippen molar-refractivity contribution in [3.05, 3.63) is 28.4 Å². The summed E-state index contributed by atoms with van der Waals surface area (Å²) >= 11 is 0. The molecule has 1 atom stereocenters. The normalized spacial score (nSPS) is 27.3. The van der Waals surface area contributed by atoms with E-state index in [0.717, 1.165) is 44.8 Å². The second kappa shape index (κ2) is 6.85. The van der Waals surface area contributed by atoms with E-state index in [-0.39, 0.29) is 23.1 Å². The third kappa shape index (κ3) is 3.04. The van der Waals surface area contributed by atoms with Gasteiger partial charge in [-0.3, -0.25) is 14.4 Å². The molecule has 26 heavy (non-hydrogen) atoms. The summed E-state index contributed by atoms with van der Waals surface area (Å²) in [5.74, 6) is 0.0427. The van der Waals surface area contributed by atoms with Crippen molar-refractivity contribution in [1.29, 1.82) is 0 Å². The van der Waals surface area contributed by atoms with Crippen LogP contribution < -0.4 is 5.56 Å². The smallest absolute Gasteiger partial charge is 0.273 e. The Kier molecular flexibility index (Phi) is 4.54. The summed E-state index contributed by atoms with van der Waals surface area (Å²) in [7, 11) is 0. The number of carbonyl (C=O) groups is 2. The molecule has 1 aromatic rings. The Bertz CT molecular complexity index is 735. The summed E-state index contributed by atoms with van der Waals surface area (Å²) in [6.45, 7) is 1.90. The number of H-pyrrole nitrogens is 1. The second-order valence-electron chi connectivity index (χ2n) is 7.95. The first-order chi connectivity index (χ1) is 12.6. The van der Waals surface area contributed by atoms with E-state index in [0.29, 0.717) is 19.1 Å². The van der Waals surface area contributed by atoms with Gasteiger partial charge in [-0.05, 0) is 32.1 Å². The molecular weight excluding hydrogens is 332 g/mol. The molecule has 7 heteroatoms. The van der Waals surface area contributed by atoms with Crippen LogP contribution >= 0.6 is 0 Å². The van der Waals surface area contributed by atoms with E-state index in [2.05, 4.69) is 14.9 Å². The number of aromatic nitrogens is 2. The molecule has 1 unspecified atom stereocenters. The van der Waals surface area contributed by atoms with E-state index in [1.807, 2.05) is 0 Å². The van der Waals surface area contributed by atoms with Gasteiger partial charge >= 0.3 is 0 Å². The van der Waals surface area contributed by atoms with Crippen LogP contribution in [0.1, 0.15) is 61.9 Å². The summed E-state index contributed by atoms with van der Waals surface area (Å²) in [4.78, 5) is 47.4. The lowest BCUT2D eigenvalue weighted by molar-refractivity contribution is -0.149. The Labute approximate surface area is 152 Å². The predicted octanol–water partition coefficient (Wildman–Crippen LogP) is 1.56. The van der Waals surface area contributed by atoms with Crippen LogP contribution in [-0.2, 0) is 4.79 Å². The van der Waals surface area contributed by atoms with Gasteiger partial charge in [0.05, 0.1) is 11.6 Å². The summed E-state index contributed by atoms with van der Waals surface area (Å²) in [6.07, 6.45) is 11.0. The summed E-state index contributed by atoms with van der Waals surface area (Å²) < 4.78 is 0. The highest BCUT2D eigenvalue weighted by Crippen LogP contribution is 2.42. The highest BCUT2D eigenvalue weighted by molar-refractivity contribution is 5.93. The lowest BCUT2D eigenvalue weighted by Crippen LogP contribution is -2.54. The maximum absolute atomic E-state index is 13.3. The van der Waals surface area contributed by atoms with Gasteiger partial charge in [0.1, 0.15) is 5.69 Å². The molecular formula is C19H26N4O3. The molecule has 3 fully saturated rings. The van der Waals surface area contributed by atoms with Crippen molar-refractivity contribution < 1.29 is 9.59 Å². The topological polar surface area (TPSA) is 86.4 Å². The average molecular weight is 358 g/mol. The number of rotatable bonds is 2. The van der Waals surface area contributed by atoms with Gasteiger partial charge in [0.25, 0.3) is 11.5 Å². The minimum absolute atomic E-state index is 0.208. The molecule has 1 N–H and O–H groups in total. The van der Waals surface area contributed by atoms with E-state index >= 15 is 0 Å². The van der Waals surface area contributed by atoms with Gasteiger partial charge in [0, 0.05) is 31.9 Å². The average Bonchev–Trinajstić information content (AvgIpc) is 3.10. The monoisotopic (exact) mass is 358 g/mol. The fourth-order valence-electron chi connectivity index (χ4n) is 4.89. The number of hydrogen-bond acceptors (Lipinski definition) is 4. The maximum atomic E-state index is 13.3. The lowest BCUT2D eigenvalue weighted by Gasteiger charge is -2.44. The van der Waals surface area contributed by atoms with Crippen molar-refractivity contribution in [2.45, 2.75) is 57.4 Å². The molecule has 2 saturated heterocycles. The Balaban J connectivity index is 1.48. The number of amides is 2. The molecule has 3 heterocycles. The van der Waals surface area contributed by atoms with Gasteiger partial charge in [-0.15, -0.1) is 0 Å².